The quantitative estimate of drug-likeness (QED) is 0.304. The molecule has 0 aliphatic carbocycles. The lowest BCUT2D eigenvalue weighted by atomic mass is 10.1. The second kappa shape index (κ2) is 11.1. The average molecular weight is 513 g/mol. The summed E-state index contributed by atoms with van der Waals surface area (Å²) in [5, 5.41) is 13.9. The van der Waals surface area contributed by atoms with E-state index in [1.807, 2.05) is 22.9 Å². The number of nitrogens with zero attached hydrogens (tertiary/aromatic N) is 4. The largest absolute Gasteiger partial charge is 0.377 e. The first-order valence-corrected chi connectivity index (χ1v) is 9.32. The van der Waals surface area contributed by atoms with E-state index in [0.717, 1.165) is 42.6 Å². The number of carbonyl (C=O) groups is 1. The molecule has 0 radical (unpaired) electrons. The van der Waals surface area contributed by atoms with Crippen LogP contribution in [0.2, 0.25) is 0 Å². The van der Waals surface area contributed by atoms with Crippen molar-refractivity contribution in [1.29, 1.82) is 0 Å². The van der Waals surface area contributed by atoms with Gasteiger partial charge < -0.3 is 20.7 Å². The summed E-state index contributed by atoms with van der Waals surface area (Å²) < 4.78 is 7.05. The van der Waals surface area contributed by atoms with Crippen molar-refractivity contribution in [2.75, 3.05) is 21.2 Å². The molecule has 0 fully saturated rings. The number of amides is 1. The Morgan fingerprint density at radius 1 is 1.41 bits per heavy atom. The summed E-state index contributed by atoms with van der Waals surface area (Å²) in [6.45, 7) is 1.74. The molecule has 9 nitrogen and oxygen atoms in total. The third-order valence-corrected chi connectivity index (χ3v) is 4.62. The molecule has 1 aliphatic heterocycles. The molecule has 1 unspecified atom stereocenters. The number of fused-ring (bicyclic) bond motifs is 1. The van der Waals surface area contributed by atoms with E-state index < -0.39 is 0 Å². The van der Waals surface area contributed by atoms with E-state index in [9.17, 15) is 4.79 Å². The number of hydrogen-bond donors (Lipinski definition) is 3. The number of hydrogen-bond acceptors (Lipinski definition) is 5. The second-order valence-corrected chi connectivity index (χ2v) is 6.64. The Labute approximate surface area is 187 Å². The van der Waals surface area contributed by atoms with Crippen molar-refractivity contribution in [2.45, 2.75) is 38.6 Å². The van der Waals surface area contributed by atoms with Crippen LogP contribution in [0, 0.1) is 0 Å². The van der Waals surface area contributed by atoms with E-state index in [-0.39, 0.29) is 35.9 Å². The maximum absolute atomic E-state index is 11.8. The van der Waals surface area contributed by atoms with E-state index in [0.29, 0.717) is 18.7 Å². The standard InChI is InChI=1S/C19H27N7O2.HI/c1-20-18(27)14-6-4-5-13(9-14)10-22-19(21-2)23-15-7-8-17-24-16(12-28-3)25-26(17)11-15;/h4-6,9,15H,7-8,10-12H2,1-3H3,(H,20,27)(H2,21,22,23);1H. The first-order chi connectivity index (χ1) is 13.6. The van der Waals surface area contributed by atoms with Crippen LogP contribution in [-0.4, -0.2) is 53.9 Å². The number of methoxy groups -OCH3 is 1. The van der Waals surface area contributed by atoms with Crippen LogP contribution in [0.3, 0.4) is 0 Å². The van der Waals surface area contributed by atoms with Gasteiger partial charge in [-0.25, -0.2) is 9.67 Å². The normalized spacial score (nSPS) is 15.8. The second-order valence-electron chi connectivity index (χ2n) is 6.64. The Morgan fingerprint density at radius 3 is 2.97 bits per heavy atom. The molecule has 1 atom stereocenters. The molecule has 158 valence electrons. The van der Waals surface area contributed by atoms with Gasteiger partial charge in [0.15, 0.2) is 11.8 Å². The van der Waals surface area contributed by atoms with E-state index in [2.05, 4.69) is 31.0 Å². The van der Waals surface area contributed by atoms with Crippen molar-refractivity contribution in [1.82, 2.24) is 30.7 Å². The number of guanidine groups is 1. The maximum atomic E-state index is 11.8. The summed E-state index contributed by atoms with van der Waals surface area (Å²) in [5.74, 6) is 2.34. The number of rotatable bonds is 6. The molecule has 1 aromatic carbocycles. The molecular weight excluding hydrogens is 485 g/mol. The molecule has 0 saturated carbocycles. The monoisotopic (exact) mass is 513 g/mol. The number of aliphatic imine (C=N–C) groups is 1. The van der Waals surface area contributed by atoms with Crippen LogP contribution in [0.15, 0.2) is 29.3 Å². The summed E-state index contributed by atoms with van der Waals surface area (Å²) >= 11 is 0. The van der Waals surface area contributed by atoms with E-state index in [1.165, 1.54) is 0 Å². The van der Waals surface area contributed by atoms with Gasteiger partial charge in [-0.3, -0.25) is 9.79 Å². The van der Waals surface area contributed by atoms with Crippen LogP contribution in [0.25, 0.3) is 0 Å². The lowest BCUT2D eigenvalue weighted by Gasteiger charge is -2.25. The summed E-state index contributed by atoms with van der Waals surface area (Å²) in [5.41, 5.74) is 1.65. The molecule has 10 heteroatoms. The molecule has 0 saturated heterocycles. The Kier molecular flexibility index (Phi) is 8.83. The number of carbonyl (C=O) groups excluding carboxylic acids is 1. The zero-order valence-corrected chi connectivity index (χ0v) is 19.3. The highest BCUT2D eigenvalue weighted by Crippen LogP contribution is 2.13. The smallest absolute Gasteiger partial charge is 0.251 e. The van der Waals surface area contributed by atoms with Gasteiger partial charge in [0.05, 0.1) is 6.54 Å². The van der Waals surface area contributed by atoms with E-state index in [4.69, 9.17) is 4.74 Å². The highest BCUT2D eigenvalue weighted by atomic mass is 127. The van der Waals surface area contributed by atoms with Crippen molar-refractivity contribution in [2.24, 2.45) is 4.99 Å². The maximum Gasteiger partial charge on any atom is 0.251 e. The first-order valence-electron chi connectivity index (χ1n) is 9.32. The first kappa shape index (κ1) is 23.1. The third kappa shape index (κ3) is 6.13. The summed E-state index contributed by atoms with van der Waals surface area (Å²) in [6, 6.07) is 7.74. The Morgan fingerprint density at radius 2 is 2.24 bits per heavy atom. The number of aromatic nitrogens is 3. The molecule has 0 bridgehead atoms. The zero-order valence-electron chi connectivity index (χ0n) is 16.9. The fourth-order valence-corrected chi connectivity index (χ4v) is 3.21. The molecule has 1 aromatic heterocycles. The number of benzene rings is 1. The van der Waals surface area contributed by atoms with Crippen LogP contribution in [0.5, 0.6) is 0 Å². The van der Waals surface area contributed by atoms with Gasteiger partial charge in [-0.2, -0.15) is 5.10 Å². The molecule has 1 aliphatic rings. The lowest BCUT2D eigenvalue weighted by Crippen LogP contribution is -2.46. The van der Waals surface area contributed by atoms with Gasteiger partial charge >= 0.3 is 0 Å². The third-order valence-electron chi connectivity index (χ3n) is 4.62. The van der Waals surface area contributed by atoms with Gasteiger partial charge in [0.25, 0.3) is 5.91 Å². The molecular formula is C19H28IN7O2. The Hall–Kier alpha value is -2.21. The Bertz CT molecular complexity index is 853. The fraction of sp³-hybridized carbons (Fsp3) is 0.474. The van der Waals surface area contributed by atoms with Crippen molar-refractivity contribution < 1.29 is 9.53 Å². The molecule has 3 N–H and O–H groups in total. The number of nitrogens with one attached hydrogen (secondary N) is 3. The van der Waals surface area contributed by atoms with Gasteiger partial charge in [0.2, 0.25) is 0 Å². The fourth-order valence-electron chi connectivity index (χ4n) is 3.21. The average Bonchev–Trinajstić information content (AvgIpc) is 3.12. The minimum absolute atomic E-state index is 0. The minimum atomic E-state index is -0.0944. The predicted octanol–water partition coefficient (Wildman–Crippen LogP) is 1.08. The molecule has 2 heterocycles. The lowest BCUT2D eigenvalue weighted by molar-refractivity contribution is 0.0963. The summed E-state index contributed by atoms with van der Waals surface area (Å²) in [4.78, 5) is 20.6. The summed E-state index contributed by atoms with van der Waals surface area (Å²) in [7, 11) is 5.02. The number of ether oxygens (including phenoxy) is 1. The van der Waals surface area contributed by atoms with Gasteiger partial charge in [0, 0.05) is 45.8 Å². The van der Waals surface area contributed by atoms with Gasteiger partial charge in [-0.15, -0.1) is 24.0 Å². The van der Waals surface area contributed by atoms with Gasteiger partial charge in [-0.05, 0) is 24.1 Å². The molecule has 1 amide bonds. The summed E-state index contributed by atoms with van der Waals surface area (Å²) in [6.07, 6.45) is 1.82. The molecule has 0 spiro atoms. The number of aryl methyl sites for hydroxylation is 1. The molecule has 2 aromatic rings. The van der Waals surface area contributed by atoms with Crippen molar-refractivity contribution >= 4 is 35.8 Å². The molecule has 29 heavy (non-hydrogen) atoms. The molecule has 3 rings (SSSR count). The van der Waals surface area contributed by atoms with Crippen LogP contribution < -0.4 is 16.0 Å². The van der Waals surface area contributed by atoms with E-state index >= 15 is 0 Å². The van der Waals surface area contributed by atoms with Crippen LogP contribution in [-0.2, 0) is 30.9 Å². The van der Waals surface area contributed by atoms with Crippen LogP contribution in [0.1, 0.15) is 34.0 Å². The van der Waals surface area contributed by atoms with Gasteiger partial charge in [-0.1, -0.05) is 12.1 Å². The minimum Gasteiger partial charge on any atom is -0.377 e. The number of halogens is 1. The Balaban J connectivity index is 0.00000300. The van der Waals surface area contributed by atoms with Crippen LogP contribution in [0.4, 0.5) is 0 Å². The van der Waals surface area contributed by atoms with Gasteiger partial charge in [0.1, 0.15) is 12.4 Å². The van der Waals surface area contributed by atoms with Crippen molar-refractivity contribution in [3.63, 3.8) is 0 Å². The zero-order chi connectivity index (χ0) is 19.9. The van der Waals surface area contributed by atoms with Crippen molar-refractivity contribution in [3.8, 4) is 0 Å². The predicted molar refractivity (Wildman–Crippen MR) is 121 cm³/mol. The SMILES string of the molecule is CN=C(NCc1cccc(C(=O)NC)c1)NC1CCc2nc(COC)nn2C1.I. The highest BCUT2D eigenvalue weighted by Gasteiger charge is 2.22. The topological polar surface area (TPSA) is 105 Å². The van der Waals surface area contributed by atoms with E-state index in [1.54, 1.807) is 27.3 Å². The van der Waals surface area contributed by atoms with Crippen molar-refractivity contribution in [3.05, 3.63) is 47.0 Å². The van der Waals surface area contributed by atoms with Crippen LogP contribution >= 0.6 is 24.0 Å². The highest BCUT2D eigenvalue weighted by molar-refractivity contribution is 14.0.